The number of rotatable bonds is 0. The van der Waals surface area contributed by atoms with Crippen LogP contribution in [0.2, 0.25) is 0 Å². The Morgan fingerprint density at radius 3 is 1.24 bits per heavy atom. The third-order valence-electron chi connectivity index (χ3n) is 2.11. The van der Waals surface area contributed by atoms with Crippen LogP contribution in [0.5, 0.6) is 0 Å². The fourth-order valence-corrected chi connectivity index (χ4v) is 0.874. The first-order valence-electron chi connectivity index (χ1n) is 6.37. The fraction of sp³-hybridized carbons (Fsp3) is 0.571. The van der Waals surface area contributed by atoms with E-state index in [4.69, 9.17) is 0 Å². The Kier molecular flexibility index (Phi) is 23.0. The maximum absolute atomic E-state index is 4.56. The van der Waals surface area contributed by atoms with Gasteiger partial charge in [0.1, 0.15) is 0 Å². The van der Waals surface area contributed by atoms with E-state index in [0.717, 1.165) is 0 Å². The summed E-state index contributed by atoms with van der Waals surface area (Å²) >= 11 is 18.2. The molecular formula is C14H24N2RuS4. The monoisotopic (exact) mass is 450 g/mol. The first-order chi connectivity index (χ1) is 9.29. The molecule has 1 aliphatic carbocycles. The maximum atomic E-state index is 4.56. The van der Waals surface area contributed by atoms with E-state index >= 15 is 0 Å². The average Bonchev–Trinajstić information content (AvgIpc) is 2.29. The van der Waals surface area contributed by atoms with Gasteiger partial charge in [0.2, 0.25) is 0 Å². The standard InChI is InChI=1S/C8H12.2C3H7NS2.Ru/c1-2-4-6-8-7-5-3-1;2*1-4(2)3(5)6;/h1-4H,5-8H2;2*1-2H3,(H,5,6);/q;;;+2/p-2/b3-1-,4-2-;;;. The zero-order chi connectivity index (χ0) is 16.0. The molecular weight excluding hydrogens is 426 g/mol. The summed E-state index contributed by atoms with van der Waals surface area (Å²) in [5.74, 6) is 0. The molecule has 0 bridgehead atoms. The van der Waals surface area contributed by atoms with Crippen molar-refractivity contribution in [2.45, 2.75) is 25.7 Å². The van der Waals surface area contributed by atoms with Gasteiger partial charge in [0.25, 0.3) is 0 Å². The molecule has 0 heterocycles. The second kappa shape index (κ2) is 18.4. The normalized spacial score (nSPS) is 15.0. The van der Waals surface area contributed by atoms with Crippen LogP contribution in [-0.2, 0) is 44.7 Å². The van der Waals surface area contributed by atoms with Crippen LogP contribution in [0.15, 0.2) is 24.3 Å². The maximum Gasteiger partial charge on any atom is 2.00 e. The second-order valence-corrected chi connectivity index (χ2v) is 6.53. The quantitative estimate of drug-likeness (QED) is 0.315. The zero-order valence-corrected chi connectivity index (χ0v) is 18.0. The summed E-state index contributed by atoms with van der Waals surface area (Å²) in [5, 5.41) is 0. The van der Waals surface area contributed by atoms with Crippen molar-refractivity contribution >= 4 is 58.3 Å². The van der Waals surface area contributed by atoms with Crippen LogP contribution in [0.4, 0.5) is 0 Å². The van der Waals surface area contributed by atoms with Gasteiger partial charge >= 0.3 is 19.5 Å². The minimum absolute atomic E-state index is 0. The van der Waals surface area contributed by atoms with E-state index in [1.165, 1.54) is 25.7 Å². The third kappa shape index (κ3) is 25.6. The van der Waals surface area contributed by atoms with Gasteiger partial charge in [-0.2, -0.15) is 0 Å². The van der Waals surface area contributed by atoms with E-state index in [0.29, 0.717) is 8.64 Å². The van der Waals surface area contributed by atoms with Gasteiger partial charge in [0.15, 0.2) is 0 Å². The van der Waals surface area contributed by atoms with Gasteiger partial charge in [-0.25, -0.2) is 0 Å². The summed E-state index contributed by atoms with van der Waals surface area (Å²) in [6, 6.07) is 0. The van der Waals surface area contributed by atoms with Crippen LogP contribution >= 0.6 is 24.4 Å². The summed E-state index contributed by atoms with van der Waals surface area (Å²) in [4.78, 5) is 3.43. The smallest absolute Gasteiger partial charge is 0.411 e. The SMILES string of the molecule is C1=C\CCCC\C=C/1.CN(C)C(=S)[S-].CN(C)C(=S)[S-].[Ru+2]. The van der Waals surface area contributed by atoms with E-state index in [1.54, 1.807) is 9.80 Å². The van der Waals surface area contributed by atoms with Crippen molar-refractivity contribution in [3.63, 3.8) is 0 Å². The number of thiocarbonyl (C=S) groups is 2. The Labute approximate surface area is 165 Å². The Balaban J connectivity index is -0.000000231. The van der Waals surface area contributed by atoms with Gasteiger partial charge in [0.05, 0.1) is 0 Å². The van der Waals surface area contributed by atoms with Crippen molar-refractivity contribution in [2.75, 3.05) is 28.2 Å². The van der Waals surface area contributed by atoms with Gasteiger partial charge < -0.3 is 59.5 Å². The van der Waals surface area contributed by atoms with Crippen LogP contribution in [0.25, 0.3) is 0 Å². The molecule has 0 N–H and O–H groups in total. The van der Waals surface area contributed by atoms with Crippen LogP contribution in [0, 0.1) is 0 Å². The predicted molar refractivity (Wildman–Crippen MR) is 104 cm³/mol. The van der Waals surface area contributed by atoms with Crippen LogP contribution in [-0.4, -0.2) is 46.6 Å². The molecule has 122 valence electrons. The largest absolute Gasteiger partial charge is 2.00 e. The summed E-state index contributed by atoms with van der Waals surface area (Å²) in [7, 11) is 7.31. The topological polar surface area (TPSA) is 6.48 Å². The predicted octanol–water partition coefficient (Wildman–Crippen LogP) is 3.43. The third-order valence-corrected chi connectivity index (χ3v) is 3.57. The van der Waals surface area contributed by atoms with Crippen LogP contribution in [0.3, 0.4) is 0 Å². The van der Waals surface area contributed by atoms with Crippen LogP contribution in [0.1, 0.15) is 25.7 Å². The average molecular weight is 450 g/mol. The minimum atomic E-state index is 0. The van der Waals surface area contributed by atoms with E-state index in [2.05, 4.69) is 74.0 Å². The van der Waals surface area contributed by atoms with Gasteiger partial charge in [-0.1, -0.05) is 32.9 Å². The Morgan fingerprint density at radius 1 is 0.810 bits per heavy atom. The fourth-order valence-electron chi connectivity index (χ4n) is 0.874. The van der Waals surface area contributed by atoms with Gasteiger partial charge in [-0.3, -0.25) is 0 Å². The van der Waals surface area contributed by atoms with E-state index < -0.39 is 0 Å². The number of hydrogen-bond donors (Lipinski definition) is 0. The van der Waals surface area contributed by atoms with E-state index in [1.807, 2.05) is 28.2 Å². The molecule has 1 aliphatic rings. The zero-order valence-electron chi connectivity index (χ0n) is 13.0. The van der Waals surface area contributed by atoms with E-state index in [-0.39, 0.29) is 19.5 Å². The van der Waals surface area contributed by atoms with Crippen molar-refractivity contribution in [3.05, 3.63) is 24.3 Å². The Bertz CT molecular complexity index is 297. The molecule has 0 fully saturated rings. The number of nitrogens with zero attached hydrogens (tertiary/aromatic N) is 2. The molecule has 0 saturated carbocycles. The number of allylic oxidation sites excluding steroid dienone is 4. The molecule has 2 nitrogen and oxygen atoms in total. The summed E-state index contributed by atoms with van der Waals surface area (Å²) in [6.07, 6.45) is 14.0. The number of hydrogen-bond acceptors (Lipinski definition) is 4. The summed E-state index contributed by atoms with van der Waals surface area (Å²) in [6.45, 7) is 0. The molecule has 0 aromatic carbocycles. The molecule has 0 atom stereocenters. The molecule has 21 heavy (non-hydrogen) atoms. The Morgan fingerprint density at radius 2 is 1.05 bits per heavy atom. The van der Waals surface area contributed by atoms with Gasteiger partial charge in [0, 0.05) is 28.2 Å². The van der Waals surface area contributed by atoms with Crippen LogP contribution < -0.4 is 0 Å². The molecule has 0 aliphatic heterocycles. The van der Waals surface area contributed by atoms with E-state index in [9.17, 15) is 0 Å². The molecule has 0 spiro atoms. The molecule has 0 unspecified atom stereocenters. The first-order valence-corrected chi connectivity index (χ1v) is 8.00. The molecule has 0 amide bonds. The summed E-state index contributed by atoms with van der Waals surface area (Å²) < 4.78 is 1.02. The van der Waals surface area contributed by atoms with Crippen molar-refractivity contribution in [1.82, 2.24) is 9.80 Å². The molecule has 7 heteroatoms. The molecule has 1 rings (SSSR count). The summed E-state index contributed by atoms with van der Waals surface area (Å²) in [5.41, 5.74) is 0. The second-order valence-electron chi connectivity index (χ2n) is 4.46. The van der Waals surface area contributed by atoms with Crippen molar-refractivity contribution in [1.29, 1.82) is 0 Å². The molecule has 0 aromatic heterocycles. The Hall–Kier alpha value is 0.323. The minimum Gasteiger partial charge on any atom is -0.411 e. The first kappa shape index (κ1) is 26.2. The van der Waals surface area contributed by atoms with Crippen molar-refractivity contribution in [3.8, 4) is 0 Å². The molecule has 0 radical (unpaired) electrons. The van der Waals surface area contributed by atoms with Gasteiger partial charge in [-0.05, 0) is 25.7 Å². The molecule has 0 aromatic rings. The van der Waals surface area contributed by atoms with Crippen molar-refractivity contribution < 1.29 is 19.5 Å². The van der Waals surface area contributed by atoms with Gasteiger partial charge in [-0.15, -0.1) is 0 Å². The molecule has 0 saturated heterocycles. The van der Waals surface area contributed by atoms with Crippen molar-refractivity contribution in [2.24, 2.45) is 0 Å².